The average Bonchev–Trinajstić information content (AvgIpc) is 2.31. The van der Waals surface area contributed by atoms with Gasteiger partial charge >= 0.3 is 5.69 Å². The predicted molar refractivity (Wildman–Crippen MR) is 41.1 cm³/mol. The standard InChI is InChI=1S/C6H6N4O/c7-3-1-8-2-4-5(3)10-6(11)9-4/h1-2H,7H2,(H2,9,10,11). The Morgan fingerprint density at radius 1 is 1.36 bits per heavy atom. The van der Waals surface area contributed by atoms with Gasteiger partial charge in [-0.1, -0.05) is 0 Å². The largest absolute Gasteiger partial charge is 0.396 e. The number of fused-ring (bicyclic) bond motifs is 1. The summed E-state index contributed by atoms with van der Waals surface area (Å²) in [4.78, 5) is 19.7. The van der Waals surface area contributed by atoms with Gasteiger partial charge < -0.3 is 15.7 Å². The van der Waals surface area contributed by atoms with Gasteiger partial charge in [0.15, 0.2) is 0 Å². The van der Waals surface area contributed by atoms with Gasteiger partial charge in [-0.15, -0.1) is 0 Å². The molecule has 0 amide bonds. The molecule has 0 spiro atoms. The van der Waals surface area contributed by atoms with Gasteiger partial charge in [-0.25, -0.2) is 4.79 Å². The first-order valence-corrected chi connectivity index (χ1v) is 3.09. The predicted octanol–water partition coefficient (Wildman–Crippen LogP) is -0.167. The number of aromatic nitrogens is 3. The zero-order valence-electron chi connectivity index (χ0n) is 5.59. The summed E-state index contributed by atoms with van der Waals surface area (Å²) in [5.41, 5.74) is 6.98. The Balaban J connectivity index is 3.01. The van der Waals surface area contributed by atoms with Gasteiger partial charge in [0.05, 0.1) is 29.1 Å². The molecule has 0 fully saturated rings. The van der Waals surface area contributed by atoms with Crippen LogP contribution in [0.15, 0.2) is 17.2 Å². The molecule has 0 radical (unpaired) electrons. The maximum absolute atomic E-state index is 10.7. The Morgan fingerprint density at radius 3 is 2.91 bits per heavy atom. The van der Waals surface area contributed by atoms with Crippen molar-refractivity contribution in [2.24, 2.45) is 0 Å². The van der Waals surface area contributed by atoms with Crippen molar-refractivity contribution >= 4 is 16.7 Å². The summed E-state index contributed by atoms with van der Waals surface area (Å²) in [7, 11) is 0. The maximum Gasteiger partial charge on any atom is 0.323 e. The van der Waals surface area contributed by atoms with Crippen LogP contribution in [0.2, 0.25) is 0 Å². The molecule has 0 unspecified atom stereocenters. The fourth-order valence-corrected chi connectivity index (χ4v) is 0.978. The number of nitrogens with zero attached hydrogens (tertiary/aromatic N) is 1. The lowest BCUT2D eigenvalue weighted by Gasteiger charge is -1.90. The molecule has 5 heteroatoms. The highest BCUT2D eigenvalue weighted by atomic mass is 16.1. The zero-order valence-corrected chi connectivity index (χ0v) is 5.59. The number of nitrogen functional groups attached to an aromatic ring is 1. The van der Waals surface area contributed by atoms with E-state index < -0.39 is 0 Å². The summed E-state index contributed by atoms with van der Waals surface area (Å²) in [5.74, 6) is 0. The van der Waals surface area contributed by atoms with Crippen LogP contribution in [0.1, 0.15) is 0 Å². The van der Waals surface area contributed by atoms with Crippen molar-refractivity contribution < 1.29 is 0 Å². The molecular formula is C6H6N4O. The summed E-state index contributed by atoms with van der Waals surface area (Å²) >= 11 is 0. The summed E-state index contributed by atoms with van der Waals surface area (Å²) in [6.45, 7) is 0. The second-order valence-electron chi connectivity index (χ2n) is 2.23. The lowest BCUT2D eigenvalue weighted by molar-refractivity contribution is 1.21. The summed E-state index contributed by atoms with van der Waals surface area (Å²) in [6.07, 6.45) is 3.04. The van der Waals surface area contributed by atoms with Crippen molar-refractivity contribution in [3.05, 3.63) is 22.9 Å². The lowest BCUT2D eigenvalue weighted by Crippen LogP contribution is -1.99. The van der Waals surface area contributed by atoms with Gasteiger partial charge in [0.25, 0.3) is 0 Å². The monoisotopic (exact) mass is 150 g/mol. The van der Waals surface area contributed by atoms with Crippen LogP contribution >= 0.6 is 0 Å². The van der Waals surface area contributed by atoms with Crippen LogP contribution in [-0.2, 0) is 0 Å². The van der Waals surface area contributed by atoms with Gasteiger partial charge in [-0.2, -0.15) is 0 Å². The van der Waals surface area contributed by atoms with Gasteiger partial charge in [-0.05, 0) is 0 Å². The summed E-state index contributed by atoms with van der Waals surface area (Å²) in [5, 5.41) is 0. The summed E-state index contributed by atoms with van der Waals surface area (Å²) in [6, 6.07) is 0. The molecule has 4 N–H and O–H groups in total. The minimum Gasteiger partial charge on any atom is -0.396 e. The molecule has 11 heavy (non-hydrogen) atoms. The van der Waals surface area contributed by atoms with Crippen molar-refractivity contribution in [2.45, 2.75) is 0 Å². The van der Waals surface area contributed by atoms with E-state index in [0.717, 1.165) is 0 Å². The molecule has 0 aromatic carbocycles. The molecule has 2 aromatic rings. The van der Waals surface area contributed by atoms with Crippen LogP contribution in [0, 0.1) is 0 Å². The molecular weight excluding hydrogens is 144 g/mol. The number of nitrogens with one attached hydrogen (secondary N) is 2. The number of imidazole rings is 1. The molecule has 0 aliphatic heterocycles. The van der Waals surface area contributed by atoms with Crippen molar-refractivity contribution in [3.8, 4) is 0 Å². The number of hydrogen-bond acceptors (Lipinski definition) is 3. The van der Waals surface area contributed by atoms with E-state index in [1.54, 1.807) is 6.20 Å². The lowest BCUT2D eigenvalue weighted by atomic mass is 10.4. The van der Waals surface area contributed by atoms with Crippen LogP contribution < -0.4 is 11.4 Å². The van der Waals surface area contributed by atoms with E-state index in [4.69, 9.17) is 5.73 Å². The molecule has 2 aromatic heterocycles. The zero-order chi connectivity index (χ0) is 7.84. The van der Waals surface area contributed by atoms with Crippen molar-refractivity contribution in [2.75, 3.05) is 5.73 Å². The van der Waals surface area contributed by atoms with Crippen LogP contribution in [0.25, 0.3) is 11.0 Å². The highest BCUT2D eigenvalue weighted by molar-refractivity contribution is 5.84. The number of hydrogen-bond donors (Lipinski definition) is 3. The van der Waals surface area contributed by atoms with Crippen LogP contribution in [0.3, 0.4) is 0 Å². The van der Waals surface area contributed by atoms with Crippen LogP contribution in [0.4, 0.5) is 5.69 Å². The average molecular weight is 150 g/mol. The third-order valence-electron chi connectivity index (χ3n) is 1.46. The quantitative estimate of drug-likeness (QED) is 0.487. The Kier molecular flexibility index (Phi) is 1.00. The molecule has 0 saturated carbocycles. The molecule has 0 atom stereocenters. The second-order valence-corrected chi connectivity index (χ2v) is 2.23. The Hall–Kier alpha value is -1.78. The van der Waals surface area contributed by atoms with Gasteiger partial charge in [0, 0.05) is 0 Å². The van der Waals surface area contributed by atoms with Crippen molar-refractivity contribution in [1.82, 2.24) is 15.0 Å². The minimum absolute atomic E-state index is 0.264. The van der Waals surface area contributed by atoms with Gasteiger partial charge in [0.1, 0.15) is 0 Å². The minimum atomic E-state index is -0.264. The van der Waals surface area contributed by atoms with Crippen LogP contribution in [-0.4, -0.2) is 15.0 Å². The molecule has 2 rings (SSSR count). The van der Waals surface area contributed by atoms with E-state index in [0.29, 0.717) is 16.7 Å². The SMILES string of the molecule is Nc1cncc2[nH]c(=O)[nH]c12. The molecule has 0 bridgehead atoms. The third-order valence-corrected chi connectivity index (χ3v) is 1.46. The van der Waals surface area contributed by atoms with Gasteiger partial charge in [0.2, 0.25) is 0 Å². The van der Waals surface area contributed by atoms with E-state index in [1.807, 2.05) is 0 Å². The number of nitrogens with two attached hydrogens (primary N) is 1. The fourth-order valence-electron chi connectivity index (χ4n) is 0.978. The third kappa shape index (κ3) is 0.778. The number of pyridine rings is 1. The normalized spacial score (nSPS) is 10.5. The molecule has 5 nitrogen and oxygen atoms in total. The fraction of sp³-hybridized carbons (Fsp3) is 0. The van der Waals surface area contributed by atoms with E-state index in [9.17, 15) is 4.79 Å². The second kappa shape index (κ2) is 1.85. The topological polar surface area (TPSA) is 87.6 Å². The first-order valence-electron chi connectivity index (χ1n) is 3.09. The highest BCUT2D eigenvalue weighted by Crippen LogP contribution is 2.11. The van der Waals surface area contributed by atoms with E-state index in [1.165, 1.54) is 6.20 Å². The number of anilines is 1. The van der Waals surface area contributed by atoms with Crippen molar-refractivity contribution in [3.63, 3.8) is 0 Å². The highest BCUT2D eigenvalue weighted by Gasteiger charge is 1.99. The smallest absolute Gasteiger partial charge is 0.323 e. The molecule has 56 valence electrons. The van der Waals surface area contributed by atoms with Gasteiger partial charge in [-0.3, -0.25) is 4.98 Å². The Bertz CT molecular complexity index is 441. The van der Waals surface area contributed by atoms with Crippen molar-refractivity contribution in [1.29, 1.82) is 0 Å². The molecule has 0 aliphatic rings. The van der Waals surface area contributed by atoms with E-state index in [2.05, 4.69) is 15.0 Å². The Labute approximate surface area is 61.3 Å². The summed E-state index contributed by atoms with van der Waals surface area (Å²) < 4.78 is 0. The number of H-pyrrole nitrogens is 2. The first-order chi connectivity index (χ1) is 5.27. The molecule has 2 heterocycles. The number of rotatable bonds is 0. The van der Waals surface area contributed by atoms with E-state index in [-0.39, 0.29) is 5.69 Å². The van der Waals surface area contributed by atoms with Crippen LogP contribution in [0.5, 0.6) is 0 Å². The van der Waals surface area contributed by atoms with E-state index >= 15 is 0 Å². The molecule has 0 saturated heterocycles. The number of aromatic amines is 2. The first kappa shape index (κ1) is 5.96. The Morgan fingerprint density at radius 2 is 2.18 bits per heavy atom. The maximum atomic E-state index is 10.7. The molecule has 0 aliphatic carbocycles.